The second kappa shape index (κ2) is 12.0. The summed E-state index contributed by atoms with van der Waals surface area (Å²) in [6.07, 6.45) is 1.65. The third-order valence-corrected chi connectivity index (χ3v) is 5.83. The monoisotopic (exact) mass is 554 g/mol. The fourth-order valence-electron chi connectivity index (χ4n) is 4.25. The molecule has 35 heavy (non-hydrogen) atoms. The first-order valence-corrected chi connectivity index (χ1v) is 11.0. The van der Waals surface area contributed by atoms with Crippen molar-refractivity contribution < 1.29 is 51.1 Å². The van der Waals surface area contributed by atoms with Crippen molar-refractivity contribution in [1.29, 1.82) is 0 Å². The van der Waals surface area contributed by atoms with Gasteiger partial charge in [-0.3, -0.25) is 0 Å². The molecule has 3 aromatic rings. The Bertz CT molecular complexity index is 1090. The van der Waals surface area contributed by atoms with Crippen LogP contribution >= 0.6 is 0 Å². The van der Waals surface area contributed by atoms with Crippen LogP contribution in [0.1, 0.15) is 36.4 Å². The van der Waals surface area contributed by atoms with Gasteiger partial charge in [-0.1, -0.05) is 66.7 Å². The predicted molar refractivity (Wildman–Crippen MR) is 126 cm³/mol. The normalized spacial score (nSPS) is 22.3. The Morgan fingerprint density at radius 3 is 1.43 bits per heavy atom. The van der Waals surface area contributed by atoms with Crippen molar-refractivity contribution >= 4 is 11.8 Å². The van der Waals surface area contributed by atoms with E-state index >= 15 is 0 Å². The molecule has 0 saturated carbocycles. The van der Waals surface area contributed by atoms with Gasteiger partial charge >= 0.3 is 16.8 Å². The van der Waals surface area contributed by atoms with Crippen molar-refractivity contribution in [2.75, 3.05) is 13.2 Å². The first-order valence-electron chi connectivity index (χ1n) is 11.0. The van der Waals surface area contributed by atoms with Crippen LogP contribution in [0.5, 0.6) is 0 Å². The fourth-order valence-corrected chi connectivity index (χ4v) is 4.25. The number of benzene rings is 2. The standard InChI is InChI=1S/C27H27N3O2.2ClH.Co/c1-26(16-20-10-5-3-6-11-20)18-31-24(29-26)22-14-9-15-23(28-22)25-30-27(2,19-32-25)17-21-12-7-4-8-13-21;;;/h3-15H,16-19H2,1-2H3;2*1H;/q;;;+2/p-2. The van der Waals surface area contributed by atoms with Crippen molar-refractivity contribution in [2.45, 2.75) is 37.8 Å². The maximum atomic E-state index is 5.97. The number of hydrogen-bond acceptors (Lipinski definition) is 5. The Morgan fingerprint density at radius 1 is 0.629 bits per heavy atom. The Hall–Kier alpha value is -2.38. The summed E-state index contributed by atoms with van der Waals surface area (Å²) >= 11 is 0. The first-order chi connectivity index (χ1) is 15.5. The van der Waals surface area contributed by atoms with Gasteiger partial charge < -0.3 is 34.3 Å². The zero-order valence-corrected chi connectivity index (χ0v) is 22.1. The molecule has 0 bridgehead atoms. The van der Waals surface area contributed by atoms with Gasteiger partial charge in [0, 0.05) is 12.8 Å². The molecule has 0 N–H and O–H groups in total. The van der Waals surface area contributed by atoms with Crippen LogP contribution in [-0.4, -0.2) is 41.1 Å². The summed E-state index contributed by atoms with van der Waals surface area (Å²) in [5.41, 5.74) is 3.31. The van der Waals surface area contributed by atoms with Gasteiger partial charge in [0.05, 0.1) is 11.1 Å². The molecular formula is C27H27Cl2CoN3O2. The number of pyridine rings is 1. The predicted octanol–water partition coefficient (Wildman–Crippen LogP) is -1.36. The molecule has 2 aliphatic heterocycles. The average Bonchev–Trinajstić information content (AvgIpc) is 3.38. The van der Waals surface area contributed by atoms with Crippen molar-refractivity contribution in [3.8, 4) is 0 Å². The molecule has 0 aliphatic carbocycles. The van der Waals surface area contributed by atoms with Crippen molar-refractivity contribution in [3.05, 3.63) is 101 Å². The second-order valence-corrected chi connectivity index (χ2v) is 9.14. The molecule has 1 radical (unpaired) electrons. The number of halogens is 2. The van der Waals surface area contributed by atoms with Gasteiger partial charge in [-0.2, -0.15) is 0 Å². The third kappa shape index (κ3) is 6.85. The van der Waals surface area contributed by atoms with Gasteiger partial charge in [0.25, 0.3) is 0 Å². The molecule has 0 fully saturated rings. The Morgan fingerprint density at radius 2 is 1.03 bits per heavy atom. The molecule has 8 heteroatoms. The van der Waals surface area contributed by atoms with Crippen LogP contribution in [0.2, 0.25) is 0 Å². The minimum Gasteiger partial charge on any atom is -1.00 e. The number of nitrogens with zero attached hydrogens (tertiary/aromatic N) is 3. The zero-order chi connectivity index (χ0) is 22.0. The molecule has 5 nitrogen and oxygen atoms in total. The van der Waals surface area contributed by atoms with Gasteiger partial charge in [0.15, 0.2) is 0 Å². The van der Waals surface area contributed by atoms with E-state index in [1.54, 1.807) is 0 Å². The molecule has 2 aromatic carbocycles. The summed E-state index contributed by atoms with van der Waals surface area (Å²) in [5, 5.41) is 0. The summed E-state index contributed by atoms with van der Waals surface area (Å²) in [6.45, 7) is 5.32. The third-order valence-electron chi connectivity index (χ3n) is 5.83. The molecule has 3 heterocycles. The van der Waals surface area contributed by atoms with E-state index in [0.29, 0.717) is 36.4 Å². The van der Waals surface area contributed by atoms with Crippen molar-refractivity contribution in [2.24, 2.45) is 9.98 Å². The van der Waals surface area contributed by atoms with E-state index in [1.165, 1.54) is 11.1 Å². The van der Waals surface area contributed by atoms with E-state index in [0.717, 1.165) is 12.8 Å². The van der Waals surface area contributed by atoms with Gasteiger partial charge in [-0.05, 0) is 37.1 Å². The van der Waals surface area contributed by atoms with Crippen LogP contribution in [0.4, 0.5) is 0 Å². The molecular weight excluding hydrogens is 528 g/mol. The van der Waals surface area contributed by atoms with E-state index in [2.05, 4.69) is 62.4 Å². The zero-order valence-electron chi connectivity index (χ0n) is 19.6. The average molecular weight is 555 g/mol. The largest absolute Gasteiger partial charge is 2.00 e. The maximum absolute atomic E-state index is 5.97. The van der Waals surface area contributed by atoms with Gasteiger partial charge in [0.2, 0.25) is 11.8 Å². The van der Waals surface area contributed by atoms with E-state index in [1.807, 2.05) is 30.3 Å². The fraction of sp³-hybridized carbons (Fsp3) is 0.296. The Balaban J connectivity index is 0.00000144. The Kier molecular flexibility index (Phi) is 9.92. The number of aliphatic imine (C=N–C) groups is 2. The topological polar surface area (TPSA) is 56.1 Å². The van der Waals surface area contributed by atoms with Crippen LogP contribution in [0.3, 0.4) is 0 Å². The van der Waals surface area contributed by atoms with Gasteiger partial charge in [-0.15, -0.1) is 0 Å². The second-order valence-electron chi connectivity index (χ2n) is 9.14. The van der Waals surface area contributed by atoms with Crippen molar-refractivity contribution in [1.82, 2.24) is 4.98 Å². The molecule has 185 valence electrons. The quantitative estimate of drug-likeness (QED) is 0.378. The number of hydrogen-bond donors (Lipinski definition) is 0. The van der Waals surface area contributed by atoms with Crippen LogP contribution in [0.15, 0.2) is 88.8 Å². The number of ether oxygens (including phenoxy) is 2. The van der Waals surface area contributed by atoms with Crippen molar-refractivity contribution in [3.63, 3.8) is 0 Å². The molecule has 2 aliphatic rings. The molecule has 5 rings (SSSR count). The summed E-state index contributed by atoms with van der Waals surface area (Å²) in [6, 6.07) is 26.6. The smallest absolute Gasteiger partial charge is 1.00 e. The summed E-state index contributed by atoms with van der Waals surface area (Å²) < 4.78 is 11.9. The van der Waals surface area contributed by atoms with Gasteiger partial charge in [-0.25, -0.2) is 15.0 Å². The maximum Gasteiger partial charge on any atom is 2.00 e. The summed E-state index contributed by atoms with van der Waals surface area (Å²) in [4.78, 5) is 14.5. The molecule has 0 amide bonds. The van der Waals surface area contributed by atoms with E-state index < -0.39 is 0 Å². The SMILES string of the molecule is CC1(Cc2ccccc2)COC(c2cccc(C3=NC(C)(Cc4ccccc4)CO3)n2)=N1.[Cl-].[Cl-].[Co+2]. The van der Waals surface area contributed by atoms with Crippen LogP contribution in [0, 0.1) is 0 Å². The molecule has 1 aromatic heterocycles. The minimum absolute atomic E-state index is 0. The number of aromatic nitrogens is 1. The van der Waals surface area contributed by atoms with Crippen LogP contribution in [0.25, 0.3) is 0 Å². The van der Waals surface area contributed by atoms with E-state index in [9.17, 15) is 0 Å². The molecule has 0 saturated heterocycles. The molecule has 0 spiro atoms. The number of rotatable bonds is 6. The molecule has 2 unspecified atom stereocenters. The van der Waals surface area contributed by atoms with Gasteiger partial charge in [0.1, 0.15) is 24.6 Å². The Labute approximate surface area is 229 Å². The summed E-state index contributed by atoms with van der Waals surface area (Å²) in [5.74, 6) is 1.16. The van der Waals surface area contributed by atoms with E-state index in [-0.39, 0.29) is 52.7 Å². The van der Waals surface area contributed by atoms with E-state index in [4.69, 9.17) is 24.4 Å². The first kappa shape index (κ1) is 28.9. The van der Waals surface area contributed by atoms with Crippen LogP contribution in [-0.2, 0) is 39.1 Å². The minimum atomic E-state index is -0.302. The molecule has 2 atom stereocenters. The van der Waals surface area contributed by atoms with Crippen LogP contribution < -0.4 is 24.8 Å². The summed E-state index contributed by atoms with van der Waals surface area (Å²) in [7, 11) is 0.